The van der Waals surface area contributed by atoms with Crippen LogP contribution in [0.2, 0.25) is 0 Å². The number of amides is 1. The normalized spacial score (nSPS) is 11.1. The topological polar surface area (TPSA) is 71.7 Å². The highest BCUT2D eigenvalue weighted by molar-refractivity contribution is 7.08. The molecule has 0 radical (unpaired) electrons. The van der Waals surface area contributed by atoms with Crippen LogP contribution in [0.5, 0.6) is 0 Å². The minimum absolute atomic E-state index is 0.0256. The van der Waals surface area contributed by atoms with Gasteiger partial charge in [-0.1, -0.05) is 5.16 Å². The second kappa shape index (κ2) is 8.02. The van der Waals surface area contributed by atoms with Crippen molar-refractivity contribution in [2.24, 2.45) is 0 Å². The third-order valence-electron chi connectivity index (χ3n) is 3.07. The van der Waals surface area contributed by atoms with Gasteiger partial charge in [-0.25, -0.2) is 0 Å². The quantitative estimate of drug-likeness (QED) is 0.729. The minimum atomic E-state index is 0.0256. The first kappa shape index (κ1) is 16.6. The fourth-order valence-electron chi connectivity index (χ4n) is 1.79. The molecule has 0 unspecified atom stereocenters. The average molecular weight is 324 g/mol. The maximum absolute atomic E-state index is 11.9. The maximum Gasteiger partial charge on any atom is 0.258 e. The lowest BCUT2D eigenvalue weighted by Gasteiger charge is -2.21. The first-order valence-corrected chi connectivity index (χ1v) is 7.81. The summed E-state index contributed by atoms with van der Waals surface area (Å²) >= 11 is 1.58. The van der Waals surface area contributed by atoms with Crippen molar-refractivity contribution in [3.63, 3.8) is 0 Å². The summed E-state index contributed by atoms with van der Waals surface area (Å²) in [5.41, 5.74) is 0.913. The van der Waals surface area contributed by atoms with Gasteiger partial charge in [-0.05, 0) is 11.4 Å². The molecule has 120 valence electrons. The Balaban J connectivity index is 2.01. The van der Waals surface area contributed by atoms with E-state index in [0.29, 0.717) is 38.0 Å². The third-order valence-corrected chi connectivity index (χ3v) is 3.75. The van der Waals surface area contributed by atoms with Crippen molar-refractivity contribution in [2.75, 3.05) is 40.9 Å². The molecule has 8 heteroatoms. The molecule has 0 saturated heterocycles. The molecule has 0 aliphatic carbocycles. The van der Waals surface area contributed by atoms with E-state index < -0.39 is 0 Å². The van der Waals surface area contributed by atoms with Crippen LogP contribution in [-0.2, 0) is 16.1 Å². The molecule has 0 spiro atoms. The van der Waals surface area contributed by atoms with E-state index in [-0.39, 0.29) is 5.91 Å². The van der Waals surface area contributed by atoms with Gasteiger partial charge in [0.05, 0.1) is 25.3 Å². The smallest absolute Gasteiger partial charge is 0.258 e. The molecular formula is C14H20N4O3S. The van der Waals surface area contributed by atoms with E-state index >= 15 is 0 Å². The Hall–Kier alpha value is -1.77. The number of ether oxygens (including phenoxy) is 1. The van der Waals surface area contributed by atoms with Crippen LogP contribution in [0.25, 0.3) is 11.5 Å². The number of methoxy groups -OCH3 is 1. The summed E-state index contributed by atoms with van der Waals surface area (Å²) in [6.07, 6.45) is 0. The fourth-order valence-corrected chi connectivity index (χ4v) is 2.42. The summed E-state index contributed by atoms with van der Waals surface area (Å²) in [5, 5.41) is 7.90. The number of aromatic nitrogens is 2. The Kier molecular flexibility index (Phi) is 6.05. The first-order chi connectivity index (χ1) is 10.6. The first-order valence-electron chi connectivity index (χ1n) is 6.86. The summed E-state index contributed by atoms with van der Waals surface area (Å²) in [5.74, 6) is 1.09. The minimum Gasteiger partial charge on any atom is -0.383 e. The van der Waals surface area contributed by atoms with E-state index in [0.717, 1.165) is 5.56 Å². The lowest BCUT2D eigenvalue weighted by atomic mass is 10.3. The second-order valence-electron chi connectivity index (χ2n) is 5.02. The molecule has 0 atom stereocenters. The van der Waals surface area contributed by atoms with Gasteiger partial charge >= 0.3 is 0 Å². The third kappa shape index (κ3) is 4.62. The number of likely N-dealkylation sites (N-methyl/N-ethyl adjacent to an activating group) is 1. The van der Waals surface area contributed by atoms with E-state index in [1.54, 1.807) is 37.4 Å². The Labute approximate surface area is 133 Å². The van der Waals surface area contributed by atoms with Crippen molar-refractivity contribution in [3.05, 3.63) is 22.7 Å². The van der Waals surface area contributed by atoms with Gasteiger partial charge in [0.15, 0.2) is 5.82 Å². The predicted octanol–water partition coefficient (Wildman–Crippen LogP) is 1.33. The zero-order valence-electron chi connectivity index (χ0n) is 13.0. The van der Waals surface area contributed by atoms with Gasteiger partial charge < -0.3 is 14.2 Å². The molecular weight excluding hydrogens is 304 g/mol. The predicted molar refractivity (Wildman–Crippen MR) is 83.5 cm³/mol. The number of carbonyl (C=O) groups excluding carboxylic acids is 1. The van der Waals surface area contributed by atoms with Gasteiger partial charge in [-0.15, -0.1) is 0 Å². The molecule has 0 aliphatic rings. The Bertz CT molecular complexity index is 583. The molecule has 0 aliphatic heterocycles. The van der Waals surface area contributed by atoms with Crippen molar-refractivity contribution >= 4 is 17.2 Å². The van der Waals surface area contributed by atoms with Crippen LogP contribution in [0.4, 0.5) is 0 Å². The molecule has 7 nitrogen and oxygen atoms in total. The van der Waals surface area contributed by atoms with Gasteiger partial charge in [0, 0.05) is 33.1 Å². The molecule has 0 N–H and O–H groups in total. The molecule has 0 fully saturated rings. The van der Waals surface area contributed by atoms with Crippen molar-refractivity contribution in [2.45, 2.75) is 6.54 Å². The van der Waals surface area contributed by atoms with Gasteiger partial charge in [0.25, 0.3) is 5.89 Å². The molecule has 0 bridgehead atoms. The molecule has 2 aromatic heterocycles. The van der Waals surface area contributed by atoms with E-state index in [4.69, 9.17) is 9.26 Å². The van der Waals surface area contributed by atoms with E-state index in [1.807, 2.05) is 21.7 Å². The molecule has 22 heavy (non-hydrogen) atoms. The van der Waals surface area contributed by atoms with Crippen LogP contribution >= 0.6 is 11.3 Å². The van der Waals surface area contributed by atoms with Gasteiger partial charge in [0.1, 0.15) is 0 Å². The van der Waals surface area contributed by atoms with Crippen LogP contribution < -0.4 is 0 Å². The standard InChI is InChI=1S/C14H20N4O3S/c1-17(2)13(19)9-18(5-6-20-3)8-12-15-14(21-16-12)11-4-7-22-10-11/h4,7,10H,5-6,8-9H2,1-3H3. The maximum atomic E-state index is 11.9. The molecule has 2 aromatic rings. The number of rotatable bonds is 8. The molecule has 2 rings (SSSR count). The van der Waals surface area contributed by atoms with Crippen LogP contribution in [0.3, 0.4) is 0 Å². The molecule has 0 saturated carbocycles. The summed E-state index contributed by atoms with van der Waals surface area (Å²) < 4.78 is 10.3. The zero-order valence-corrected chi connectivity index (χ0v) is 13.8. The van der Waals surface area contributed by atoms with E-state index in [1.165, 1.54) is 0 Å². The highest BCUT2D eigenvalue weighted by Crippen LogP contribution is 2.20. The van der Waals surface area contributed by atoms with Crippen molar-refractivity contribution in [1.29, 1.82) is 0 Å². The number of hydrogen-bond acceptors (Lipinski definition) is 7. The Morgan fingerprint density at radius 3 is 2.91 bits per heavy atom. The Morgan fingerprint density at radius 2 is 2.27 bits per heavy atom. The SMILES string of the molecule is COCCN(CC(=O)N(C)C)Cc1noc(-c2ccsc2)n1. The fraction of sp³-hybridized carbons (Fsp3) is 0.500. The van der Waals surface area contributed by atoms with Crippen molar-refractivity contribution < 1.29 is 14.1 Å². The summed E-state index contributed by atoms with van der Waals surface area (Å²) in [4.78, 5) is 19.8. The number of thiophene rings is 1. The summed E-state index contributed by atoms with van der Waals surface area (Å²) in [6.45, 7) is 1.89. The van der Waals surface area contributed by atoms with Gasteiger partial charge in [-0.3, -0.25) is 9.69 Å². The average Bonchev–Trinajstić information content (AvgIpc) is 3.15. The number of carbonyl (C=O) groups is 1. The highest BCUT2D eigenvalue weighted by atomic mass is 32.1. The molecule has 1 amide bonds. The molecule has 2 heterocycles. The zero-order chi connectivity index (χ0) is 15.9. The highest BCUT2D eigenvalue weighted by Gasteiger charge is 2.16. The number of hydrogen-bond donors (Lipinski definition) is 0. The lowest BCUT2D eigenvalue weighted by Crippen LogP contribution is -2.38. The van der Waals surface area contributed by atoms with E-state index in [9.17, 15) is 4.79 Å². The van der Waals surface area contributed by atoms with Crippen molar-refractivity contribution in [3.8, 4) is 11.5 Å². The van der Waals surface area contributed by atoms with Crippen LogP contribution in [-0.4, -0.2) is 66.7 Å². The van der Waals surface area contributed by atoms with Crippen molar-refractivity contribution in [1.82, 2.24) is 19.9 Å². The van der Waals surface area contributed by atoms with Gasteiger partial charge in [0.2, 0.25) is 5.91 Å². The largest absolute Gasteiger partial charge is 0.383 e. The Morgan fingerprint density at radius 1 is 1.45 bits per heavy atom. The summed E-state index contributed by atoms with van der Waals surface area (Å²) in [7, 11) is 5.11. The van der Waals surface area contributed by atoms with Crippen LogP contribution in [0.15, 0.2) is 21.3 Å². The summed E-state index contributed by atoms with van der Waals surface area (Å²) in [6, 6.07) is 1.93. The monoisotopic (exact) mass is 324 g/mol. The number of nitrogens with zero attached hydrogens (tertiary/aromatic N) is 4. The van der Waals surface area contributed by atoms with Gasteiger partial charge in [-0.2, -0.15) is 16.3 Å². The molecule has 0 aromatic carbocycles. The van der Waals surface area contributed by atoms with E-state index in [2.05, 4.69) is 10.1 Å². The van der Waals surface area contributed by atoms with Crippen LogP contribution in [0.1, 0.15) is 5.82 Å². The lowest BCUT2D eigenvalue weighted by molar-refractivity contribution is -0.130. The van der Waals surface area contributed by atoms with Crippen LogP contribution in [0, 0.1) is 0 Å². The second-order valence-corrected chi connectivity index (χ2v) is 5.80.